The molecule has 0 aromatic heterocycles. The van der Waals surface area contributed by atoms with Gasteiger partial charge >= 0.3 is 0 Å². The second-order valence-electron chi connectivity index (χ2n) is 3.82. The summed E-state index contributed by atoms with van der Waals surface area (Å²) in [6, 6.07) is 0. The second-order valence-corrected chi connectivity index (χ2v) is 3.82. The van der Waals surface area contributed by atoms with Crippen molar-refractivity contribution in [1.82, 2.24) is 10.6 Å². The summed E-state index contributed by atoms with van der Waals surface area (Å²) in [7, 11) is 0. The van der Waals surface area contributed by atoms with E-state index in [1.165, 1.54) is 25.7 Å². The average molecular weight is 186 g/mol. The molecule has 0 unspecified atom stereocenters. The Balaban J connectivity index is 3.03. The molecule has 2 nitrogen and oxygen atoms in total. The Labute approximate surface area is 83.5 Å². The van der Waals surface area contributed by atoms with E-state index >= 15 is 0 Å². The zero-order valence-corrected chi connectivity index (χ0v) is 9.53. The Morgan fingerprint density at radius 2 is 1.85 bits per heavy atom. The Bertz CT molecular complexity index is 94.1. The fourth-order valence-electron chi connectivity index (χ4n) is 1.35. The van der Waals surface area contributed by atoms with Crippen LogP contribution in [0.2, 0.25) is 0 Å². The van der Waals surface area contributed by atoms with Crippen LogP contribution in [0, 0.1) is 5.92 Å². The number of hydrogen-bond donors (Lipinski definition) is 2. The molecule has 0 aliphatic carbocycles. The highest BCUT2D eigenvalue weighted by Gasteiger charge is 1.99. The molecule has 13 heavy (non-hydrogen) atoms. The van der Waals surface area contributed by atoms with E-state index in [0.29, 0.717) is 0 Å². The molecule has 0 aromatic carbocycles. The minimum Gasteiger partial charge on any atom is -0.305 e. The van der Waals surface area contributed by atoms with E-state index < -0.39 is 0 Å². The van der Waals surface area contributed by atoms with Crippen molar-refractivity contribution >= 4 is 0 Å². The Morgan fingerprint density at radius 3 is 2.46 bits per heavy atom. The van der Waals surface area contributed by atoms with Gasteiger partial charge in [-0.05, 0) is 25.4 Å². The summed E-state index contributed by atoms with van der Waals surface area (Å²) in [6.45, 7) is 9.90. The van der Waals surface area contributed by atoms with Gasteiger partial charge in [-0.1, -0.05) is 40.0 Å². The standard InChI is InChI=1S/C11H26N2/c1-4-6-7-11(3)8-9-13-10-12-5-2/h11-13H,4-10H2,1-3H3/t11-/m1/s1. The summed E-state index contributed by atoms with van der Waals surface area (Å²) in [4.78, 5) is 0. The van der Waals surface area contributed by atoms with Crippen molar-refractivity contribution < 1.29 is 0 Å². The lowest BCUT2D eigenvalue weighted by Gasteiger charge is -2.11. The minimum absolute atomic E-state index is 0.883. The van der Waals surface area contributed by atoms with Crippen molar-refractivity contribution in [2.45, 2.75) is 46.5 Å². The molecule has 0 radical (unpaired) electrons. The molecule has 2 heteroatoms. The van der Waals surface area contributed by atoms with Crippen LogP contribution in [0.1, 0.15) is 46.5 Å². The van der Waals surface area contributed by atoms with Gasteiger partial charge < -0.3 is 10.6 Å². The van der Waals surface area contributed by atoms with Crippen LogP contribution in [0.3, 0.4) is 0 Å². The maximum absolute atomic E-state index is 3.38. The summed E-state index contributed by atoms with van der Waals surface area (Å²) in [6.07, 6.45) is 5.41. The maximum Gasteiger partial charge on any atom is 0.0454 e. The summed E-state index contributed by atoms with van der Waals surface area (Å²) in [5, 5.41) is 6.64. The van der Waals surface area contributed by atoms with Crippen molar-refractivity contribution in [3.8, 4) is 0 Å². The Morgan fingerprint density at radius 1 is 1.08 bits per heavy atom. The molecule has 0 bridgehead atoms. The first-order valence-corrected chi connectivity index (χ1v) is 5.72. The molecule has 0 heterocycles. The molecular weight excluding hydrogens is 160 g/mol. The normalized spacial score (nSPS) is 13.2. The fourth-order valence-corrected chi connectivity index (χ4v) is 1.35. The molecule has 0 aliphatic heterocycles. The van der Waals surface area contributed by atoms with Gasteiger partial charge in [0.1, 0.15) is 0 Å². The van der Waals surface area contributed by atoms with Crippen LogP contribution in [0.25, 0.3) is 0 Å². The molecule has 0 spiro atoms. The molecule has 0 rings (SSSR count). The van der Waals surface area contributed by atoms with Crippen LogP contribution in [0.4, 0.5) is 0 Å². The van der Waals surface area contributed by atoms with Gasteiger partial charge in [0.05, 0.1) is 0 Å². The molecule has 0 fully saturated rings. The second kappa shape index (κ2) is 10.0. The first-order valence-electron chi connectivity index (χ1n) is 5.72. The molecule has 0 aliphatic rings. The van der Waals surface area contributed by atoms with E-state index in [1.807, 2.05) is 0 Å². The fraction of sp³-hybridized carbons (Fsp3) is 1.00. The zero-order valence-electron chi connectivity index (χ0n) is 9.53. The lowest BCUT2D eigenvalue weighted by Crippen LogP contribution is -2.29. The van der Waals surface area contributed by atoms with E-state index in [-0.39, 0.29) is 0 Å². The number of unbranched alkanes of at least 4 members (excludes halogenated alkanes) is 1. The third-order valence-corrected chi connectivity index (χ3v) is 2.36. The summed E-state index contributed by atoms with van der Waals surface area (Å²) >= 11 is 0. The van der Waals surface area contributed by atoms with E-state index in [9.17, 15) is 0 Å². The van der Waals surface area contributed by atoms with E-state index in [4.69, 9.17) is 0 Å². The Kier molecular flexibility index (Phi) is 9.94. The maximum atomic E-state index is 3.38. The van der Waals surface area contributed by atoms with Crippen LogP contribution in [-0.4, -0.2) is 19.8 Å². The minimum atomic E-state index is 0.883. The van der Waals surface area contributed by atoms with Crippen molar-refractivity contribution in [2.75, 3.05) is 19.8 Å². The average Bonchev–Trinajstić information content (AvgIpc) is 2.14. The third kappa shape index (κ3) is 9.84. The molecular formula is C11H26N2. The van der Waals surface area contributed by atoms with E-state index in [0.717, 1.165) is 25.7 Å². The van der Waals surface area contributed by atoms with E-state index in [1.54, 1.807) is 0 Å². The largest absolute Gasteiger partial charge is 0.305 e. The molecule has 0 saturated carbocycles. The van der Waals surface area contributed by atoms with Crippen molar-refractivity contribution in [1.29, 1.82) is 0 Å². The summed E-state index contributed by atoms with van der Waals surface area (Å²) in [5.41, 5.74) is 0. The quantitative estimate of drug-likeness (QED) is 0.427. The van der Waals surface area contributed by atoms with Gasteiger partial charge in [-0.3, -0.25) is 0 Å². The van der Waals surface area contributed by atoms with Crippen molar-refractivity contribution in [3.05, 3.63) is 0 Å². The summed E-state index contributed by atoms with van der Waals surface area (Å²) < 4.78 is 0. The van der Waals surface area contributed by atoms with E-state index in [2.05, 4.69) is 31.4 Å². The van der Waals surface area contributed by atoms with Crippen LogP contribution in [0.5, 0.6) is 0 Å². The van der Waals surface area contributed by atoms with Crippen molar-refractivity contribution in [3.63, 3.8) is 0 Å². The predicted octanol–water partition coefficient (Wildman–Crippen LogP) is 2.36. The number of nitrogens with one attached hydrogen (secondary N) is 2. The van der Waals surface area contributed by atoms with Crippen LogP contribution in [-0.2, 0) is 0 Å². The van der Waals surface area contributed by atoms with Crippen molar-refractivity contribution in [2.24, 2.45) is 5.92 Å². The van der Waals surface area contributed by atoms with Crippen LogP contribution < -0.4 is 10.6 Å². The number of hydrogen-bond acceptors (Lipinski definition) is 2. The highest BCUT2D eigenvalue weighted by atomic mass is 15.0. The third-order valence-electron chi connectivity index (χ3n) is 2.36. The SMILES string of the molecule is CCCC[C@@H](C)CCNCNCC. The van der Waals surface area contributed by atoms with Gasteiger partial charge in [-0.15, -0.1) is 0 Å². The van der Waals surface area contributed by atoms with Crippen LogP contribution in [0.15, 0.2) is 0 Å². The molecule has 2 N–H and O–H groups in total. The molecule has 0 saturated heterocycles. The lowest BCUT2D eigenvalue weighted by molar-refractivity contribution is 0.447. The lowest BCUT2D eigenvalue weighted by atomic mass is 10.0. The first kappa shape index (κ1) is 12.9. The Hall–Kier alpha value is -0.0800. The van der Waals surface area contributed by atoms with Gasteiger partial charge in [0.25, 0.3) is 0 Å². The monoisotopic (exact) mass is 186 g/mol. The molecule has 0 aromatic rings. The number of rotatable bonds is 9. The molecule has 1 atom stereocenters. The van der Waals surface area contributed by atoms with Crippen LogP contribution >= 0.6 is 0 Å². The first-order chi connectivity index (χ1) is 6.31. The zero-order chi connectivity index (χ0) is 9.94. The predicted molar refractivity (Wildman–Crippen MR) is 59.9 cm³/mol. The van der Waals surface area contributed by atoms with Gasteiger partial charge in [0.15, 0.2) is 0 Å². The molecule has 0 amide bonds. The van der Waals surface area contributed by atoms with Gasteiger partial charge in [-0.2, -0.15) is 0 Å². The topological polar surface area (TPSA) is 24.1 Å². The van der Waals surface area contributed by atoms with Gasteiger partial charge in [-0.25, -0.2) is 0 Å². The summed E-state index contributed by atoms with van der Waals surface area (Å²) in [5.74, 6) is 0.883. The smallest absolute Gasteiger partial charge is 0.0454 e. The highest BCUT2D eigenvalue weighted by molar-refractivity contribution is 4.55. The molecule has 80 valence electrons. The highest BCUT2D eigenvalue weighted by Crippen LogP contribution is 2.10. The van der Waals surface area contributed by atoms with Gasteiger partial charge in [0.2, 0.25) is 0 Å². The van der Waals surface area contributed by atoms with Gasteiger partial charge in [0, 0.05) is 6.67 Å².